The van der Waals surface area contributed by atoms with Crippen LogP contribution in [0.1, 0.15) is 12.5 Å². The molecule has 1 aliphatic rings. The van der Waals surface area contributed by atoms with Crippen LogP contribution >= 0.6 is 0 Å². The second-order valence-corrected chi connectivity index (χ2v) is 8.90. The molecule has 0 radical (unpaired) electrons. The lowest BCUT2D eigenvalue weighted by molar-refractivity contribution is -0.193. The van der Waals surface area contributed by atoms with Gasteiger partial charge in [-0.15, -0.1) is 0 Å². The maximum Gasteiger partial charge on any atom is 0.490 e. The number of halogens is 6. The van der Waals surface area contributed by atoms with Crippen LogP contribution in [0.15, 0.2) is 55.5 Å². The maximum atomic E-state index is 10.6. The van der Waals surface area contributed by atoms with Crippen LogP contribution in [-0.2, 0) is 22.7 Å². The third kappa shape index (κ3) is 9.12. The number of hydrogen-bond acceptors (Lipinski definition) is 8. The third-order valence-electron chi connectivity index (χ3n) is 5.96. The summed E-state index contributed by atoms with van der Waals surface area (Å²) in [5.41, 5.74) is 4.33. The second kappa shape index (κ2) is 14.0. The Bertz CT molecular complexity index is 1470. The van der Waals surface area contributed by atoms with E-state index in [9.17, 15) is 26.3 Å². The van der Waals surface area contributed by atoms with Crippen molar-refractivity contribution in [2.24, 2.45) is 0 Å². The first-order chi connectivity index (χ1) is 20.2. The molecule has 43 heavy (non-hydrogen) atoms. The Balaban J connectivity index is 0.000000303. The molecule has 1 aliphatic heterocycles. The number of piperazine rings is 1. The molecule has 0 spiro atoms. The standard InChI is InChI=1S/C21H24N8.2C2HF3O2/c1-2-28-16-17(13-25-28)15-26-9-11-27(12-10-26)20-21-24-14-19(29(21)8-7-23-20)18-3-5-22-6-4-18;2*3-2(4,5)1(6)7/h3-8,13-14,16H,2,9-12,15H2,1H3;2*(H,6,7). The molecule has 18 heteroatoms. The number of carboxylic acid groups (broad SMARTS) is 2. The van der Waals surface area contributed by atoms with E-state index in [-0.39, 0.29) is 0 Å². The largest absolute Gasteiger partial charge is 0.490 e. The van der Waals surface area contributed by atoms with Gasteiger partial charge < -0.3 is 15.1 Å². The van der Waals surface area contributed by atoms with Crippen LogP contribution in [0.5, 0.6) is 0 Å². The SMILES string of the molecule is CCn1cc(CN2CCN(c3nccn4c(-c5ccncc5)cnc34)CC2)cn1.O=C(O)C(F)(F)F.O=C(O)C(F)(F)F. The zero-order valence-electron chi connectivity index (χ0n) is 22.5. The van der Waals surface area contributed by atoms with Crippen molar-refractivity contribution in [2.75, 3.05) is 31.1 Å². The summed E-state index contributed by atoms with van der Waals surface area (Å²) in [6.45, 7) is 7.84. The van der Waals surface area contributed by atoms with Gasteiger partial charge in [0.2, 0.25) is 0 Å². The number of aromatic nitrogens is 6. The Hall–Kier alpha value is -4.74. The minimum Gasteiger partial charge on any atom is -0.475 e. The first-order valence-corrected chi connectivity index (χ1v) is 12.5. The lowest BCUT2D eigenvalue weighted by atomic mass is 10.2. The van der Waals surface area contributed by atoms with Crippen molar-refractivity contribution in [1.82, 2.24) is 34.0 Å². The summed E-state index contributed by atoms with van der Waals surface area (Å²) in [5.74, 6) is -4.56. The minimum absolute atomic E-state index is 0.900. The topological polar surface area (TPSA) is 142 Å². The van der Waals surface area contributed by atoms with Crippen molar-refractivity contribution in [3.8, 4) is 11.3 Å². The quantitative estimate of drug-likeness (QED) is 0.320. The lowest BCUT2D eigenvalue weighted by Gasteiger charge is -2.35. The number of fused-ring (bicyclic) bond motifs is 1. The second-order valence-electron chi connectivity index (χ2n) is 8.90. The molecule has 0 saturated carbocycles. The van der Waals surface area contributed by atoms with E-state index in [0.717, 1.165) is 62.0 Å². The summed E-state index contributed by atoms with van der Waals surface area (Å²) >= 11 is 0. The predicted molar refractivity (Wildman–Crippen MR) is 139 cm³/mol. The highest BCUT2D eigenvalue weighted by Gasteiger charge is 2.38. The zero-order chi connectivity index (χ0) is 31.8. The van der Waals surface area contributed by atoms with Gasteiger partial charge in [0, 0.05) is 81.4 Å². The van der Waals surface area contributed by atoms with Crippen molar-refractivity contribution >= 4 is 23.4 Å². The number of hydrogen-bond donors (Lipinski definition) is 2. The molecular weight excluding hydrogens is 590 g/mol. The van der Waals surface area contributed by atoms with Crippen LogP contribution in [0.2, 0.25) is 0 Å². The highest BCUT2D eigenvalue weighted by atomic mass is 19.4. The average Bonchev–Trinajstić information content (AvgIpc) is 3.61. The van der Waals surface area contributed by atoms with E-state index in [1.165, 1.54) is 5.56 Å². The van der Waals surface area contributed by atoms with Gasteiger partial charge in [0.1, 0.15) is 0 Å². The van der Waals surface area contributed by atoms with E-state index >= 15 is 0 Å². The molecule has 4 aromatic heterocycles. The lowest BCUT2D eigenvalue weighted by Crippen LogP contribution is -2.46. The van der Waals surface area contributed by atoms with E-state index in [0.29, 0.717) is 0 Å². The number of aryl methyl sites for hydroxylation is 1. The van der Waals surface area contributed by atoms with Crippen molar-refractivity contribution in [1.29, 1.82) is 0 Å². The molecule has 1 saturated heterocycles. The Morgan fingerprint density at radius 1 is 0.884 bits per heavy atom. The predicted octanol–water partition coefficient (Wildman–Crippen LogP) is 3.60. The highest BCUT2D eigenvalue weighted by Crippen LogP contribution is 2.25. The number of alkyl halides is 6. The van der Waals surface area contributed by atoms with E-state index in [1.54, 1.807) is 12.4 Å². The summed E-state index contributed by atoms with van der Waals surface area (Å²) in [6, 6.07) is 4.01. The molecule has 0 aromatic carbocycles. The van der Waals surface area contributed by atoms with Gasteiger partial charge in [-0.1, -0.05) is 0 Å². The Morgan fingerprint density at radius 2 is 1.47 bits per heavy atom. The summed E-state index contributed by atoms with van der Waals surface area (Å²) in [5, 5.41) is 18.6. The van der Waals surface area contributed by atoms with Crippen LogP contribution in [0.3, 0.4) is 0 Å². The van der Waals surface area contributed by atoms with Crippen molar-refractivity contribution < 1.29 is 46.1 Å². The normalized spacial score (nSPS) is 14.0. The molecular formula is C25H26F6N8O4. The van der Waals surface area contributed by atoms with E-state index in [4.69, 9.17) is 19.8 Å². The fourth-order valence-electron chi connectivity index (χ4n) is 3.90. The first-order valence-electron chi connectivity index (χ1n) is 12.5. The van der Waals surface area contributed by atoms with Gasteiger partial charge in [0.25, 0.3) is 0 Å². The molecule has 2 N–H and O–H groups in total. The number of aliphatic carboxylic acids is 2. The first kappa shape index (κ1) is 32.8. The van der Waals surface area contributed by atoms with Gasteiger partial charge in [-0.25, -0.2) is 19.6 Å². The molecule has 0 bridgehead atoms. The fraction of sp³-hybridized carbons (Fsp3) is 0.360. The van der Waals surface area contributed by atoms with Gasteiger partial charge in [-0.2, -0.15) is 31.4 Å². The van der Waals surface area contributed by atoms with E-state index in [1.807, 2.05) is 41.6 Å². The smallest absolute Gasteiger partial charge is 0.475 e. The summed E-state index contributed by atoms with van der Waals surface area (Å²) in [6.07, 6.45) is 3.31. The van der Waals surface area contributed by atoms with Gasteiger partial charge >= 0.3 is 24.3 Å². The number of rotatable bonds is 5. The molecule has 12 nitrogen and oxygen atoms in total. The number of anilines is 1. The number of pyridine rings is 1. The Morgan fingerprint density at radius 3 is 1.98 bits per heavy atom. The third-order valence-corrected chi connectivity index (χ3v) is 5.96. The molecule has 232 valence electrons. The average molecular weight is 617 g/mol. The van der Waals surface area contributed by atoms with Gasteiger partial charge in [0.05, 0.1) is 18.1 Å². The van der Waals surface area contributed by atoms with Crippen LogP contribution in [-0.4, -0.2) is 94.7 Å². The van der Waals surface area contributed by atoms with Crippen LogP contribution in [0, 0.1) is 0 Å². The summed E-state index contributed by atoms with van der Waals surface area (Å²) in [7, 11) is 0. The molecule has 0 aliphatic carbocycles. The monoisotopic (exact) mass is 616 g/mol. The van der Waals surface area contributed by atoms with Gasteiger partial charge in [-0.05, 0) is 19.1 Å². The number of carbonyl (C=O) groups is 2. The number of carboxylic acids is 2. The molecule has 0 unspecified atom stereocenters. The number of nitrogens with zero attached hydrogens (tertiary/aromatic N) is 8. The van der Waals surface area contributed by atoms with Gasteiger partial charge in [0.15, 0.2) is 11.5 Å². The van der Waals surface area contributed by atoms with Crippen molar-refractivity contribution in [2.45, 2.75) is 32.4 Å². The maximum absolute atomic E-state index is 10.6. The molecule has 5 heterocycles. The van der Waals surface area contributed by atoms with Crippen molar-refractivity contribution in [3.63, 3.8) is 0 Å². The fourth-order valence-corrected chi connectivity index (χ4v) is 3.90. The molecule has 5 rings (SSSR count). The molecule has 0 amide bonds. The zero-order valence-corrected chi connectivity index (χ0v) is 22.5. The highest BCUT2D eigenvalue weighted by molar-refractivity contribution is 5.73. The van der Waals surface area contributed by atoms with E-state index < -0.39 is 24.3 Å². The van der Waals surface area contributed by atoms with Crippen LogP contribution < -0.4 is 4.90 Å². The Labute approximate surface area is 239 Å². The Kier molecular flexibility index (Phi) is 10.6. The van der Waals surface area contributed by atoms with Crippen LogP contribution in [0.4, 0.5) is 32.2 Å². The van der Waals surface area contributed by atoms with E-state index in [2.05, 4.69) is 47.4 Å². The van der Waals surface area contributed by atoms with Gasteiger partial charge in [-0.3, -0.25) is 19.0 Å². The molecule has 0 atom stereocenters. The number of imidazole rings is 1. The molecule has 4 aromatic rings. The van der Waals surface area contributed by atoms with Crippen LogP contribution in [0.25, 0.3) is 16.9 Å². The molecule has 1 fully saturated rings. The minimum atomic E-state index is -5.08. The summed E-state index contributed by atoms with van der Waals surface area (Å²) < 4.78 is 67.6. The summed E-state index contributed by atoms with van der Waals surface area (Å²) in [4.78, 5) is 36.1. The van der Waals surface area contributed by atoms with Crippen molar-refractivity contribution in [3.05, 3.63) is 61.1 Å².